The normalized spacial score (nSPS) is 25.1. The summed E-state index contributed by atoms with van der Waals surface area (Å²) in [5, 5.41) is 27.6. The average molecular weight is 1330 g/mol. The predicted molar refractivity (Wildman–Crippen MR) is 416 cm³/mol. The van der Waals surface area contributed by atoms with Crippen molar-refractivity contribution in [3.05, 3.63) is 35.9 Å². The molecule has 0 spiro atoms. The smallest absolute Gasteiger partial charge is 0.0578 e. The highest BCUT2D eigenvalue weighted by Crippen LogP contribution is 2.34. The summed E-state index contributed by atoms with van der Waals surface area (Å²) in [5.74, 6) is 15.0. The van der Waals surface area contributed by atoms with Crippen LogP contribution < -0.4 is 0 Å². The highest BCUT2D eigenvalue weighted by atomic mass is 16.5. The van der Waals surface area contributed by atoms with Crippen molar-refractivity contribution in [2.45, 2.75) is 376 Å². The molecule has 1 aromatic carbocycles. The van der Waals surface area contributed by atoms with Crippen LogP contribution in [0.1, 0.15) is 351 Å². The molecule has 7 heteroatoms. The minimum Gasteiger partial charge on any atom is -0.393 e. The number of methoxy groups -OCH3 is 1. The van der Waals surface area contributed by atoms with E-state index < -0.39 is 0 Å². The van der Waals surface area contributed by atoms with E-state index in [0.29, 0.717) is 6.10 Å². The number of benzene rings is 1. The minimum absolute atomic E-state index is 0.00926. The number of aliphatic hydroxyl groups is 3. The molecule has 3 saturated heterocycles. The largest absolute Gasteiger partial charge is 0.393 e. The molecule has 7 fully saturated rings. The van der Waals surface area contributed by atoms with E-state index >= 15 is 0 Å². The number of aliphatic hydroxyl groups excluding tert-OH is 3. The van der Waals surface area contributed by atoms with E-state index in [0.717, 1.165) is 172 Å². The Bertz CT molecular complexity index is 1540. The average Bonchev–Trinajstić information content (AvgIpc) is 1.35. The monoisotopic (exact) mass is 1330 g/mol. The van der Waals surface area contributed by atoms with E-state index in [4.69, 9.17) is 14.2 Å². The van der Waals surface area contributed by atoms with Gasteiger partial charge in [0.1, 0.15) is 0 Å². The molecule has 4 aliphatic carbocycles. The molecule has 562 valence electrons. The fourth-order valence-electron chi connectivity index (χ4n) is 14.2. The van der Waals surface area contributed by atoms with Gasteiger partial charge in [-0.3, -0.25) is 4.90 Å². The molecule has 3 heterocycles. The third-order valence-corrected chi connectivity index (χ3v) is 21.7. The lowest BCUT2D eigenvalue weighted by atomic mass is 9.78. The molecule has 4 saturated carbocycles. The lowest BCUT2D eigenvalue weighted by Gasteiger charge is -2.33. The predicted octanol–water partition coefficient (Wildman–Crippen LogP) is 24.8. The van der Waals surface area contributed by atoms with E-state index in [1.807, 2.05) is 0 Å². The second-order valence-electron chi connectivity index (χ2n) is 34.4. The van der Waals surface area contributed by atoms with Gasteiger partial charge >= 0.3 is 0 Å². The van der Waals surface area contributed by atoms with Crippen LogP contribution in [-0.4, -0.2) is 91.3 Å². The van der Waals surface area contributed by atoms with E-state index in [-0.39, 0.29) is 18.3 Å². The Balaban J connectivity index is 0. The van der Waals surface area contributed by atoms with Crippen LogP contribution in [0.25, 0.3) is 0 Å². The van der Waals surface area contributed by atoms with Crippen LogP contribution >= 0.6 is 0 Å². The van der Waals surface area contributed by atoms with Gasteiger partial charge in [0.2, 0.25) is 0 Å². The molecule has 0 bridgehead atoms. The maximum atomic E-state index is 9.21. The summed E-state index contributed by atoms with van der Waals surface area (Å²) in [7, 11) is 1.74. The quantitative estimate of drug-likeness (QED) is 0.135. The van der Waals surface area contributed by atoms with Crippen molar-refractivity contribution in [1.29, 1.82) is 0 Å². The SMILES string of the molecule is CC(C)C1CCC(O)CC1.CC(C)C1CCC(O)CC1.CC(C)C1CCC(O)CC1.CC(C)C1CCN(Cc2ccccc2)CC1.CC(C)C1CCOCC1.CC(C)CC1CCCO1.CC1CCC(C(C)C)CC1.CCCC(C)C.CCCCC(C)C.COCCC(C)C. The minimum atomic E-state index is 0.00926. The van der Waals surface area contributed by atoms with Gasteiger partial charge in [0.25, 0.3) is 0 Å². The highest BCUT2D eigenvalue weighted by molar-refractivity contribution is 5.14. The first kappa shape index (κ1) is 95.0. The fourth-order valence-corrected chi connectivity index (χ4v) is 14.2. The Morgan fingerprint density at radius 1 is 0.415 bits per heavy atom. The molecule has 1 aromatic rings. The molecular weight excluding hydrogens is 1150 g/mol. The Hall–Kier alpha value is -1.06. The summed E-state index contributed by atoms with van der Waals surface area (Å²) in [6, 6.07) is 10.8. The second kappa shape index (κ2) is 60.7. The number of likely N-dealkylation sites (tertiary alicyclic amines) is 1. The maximum Gasteiger partial charge on any atom is 0.0578 e. The second-order valence-corrected chi connectivity index (χ2v) is 34.4. The van der Waals surface area contributed by atoms with Crippen molar-refractivity contribution in [1.82, 2.24) is 4.90 Å². The zero-order chi connectivity index (χ0) is 71.4. The maximum absolute atomic E-state index is 9.21. The van der Waals surface area contributed by atoms with Gasteiger partial charge in [-0.05, 0) is 261 Å². The summed E-state index contributed by atoms with van der Waals surface area (Å²) in [5.41, 5.74) is 1.45. The van der Waals surface area contributed by atoms with Crippen LogP contribution in [0.3, 0.4) is 0 Å². The van der Waals surface area contributed by atoms with Crippen molar-refractivity contribution in [2.75, 3.05) is 46.6 Å². The first-order valence-corrected chi connectivity index (χ1v) is 40.9. The van der Waals surface area contributed by atoms with E-state index in [9.17, 15) is 15.3 Å². The number of ether oxygens (including phenoxy) is 3. The number of hydrogen-bond acceptors (Lipinski definition) is 7. The molecule has 0 aromatic heterocycles. The van der Waals surface area contributed by atoms with Gasteiger partial charge in [-0.25, -0.2) is 0 Å². The molecule has 7 nitrogen and oxygen atoms in total. The number of hydrogen-bond donors (Lipinski definition) is 3. The third kappa shape index (κ3) is 55.7. The van der Waals surface area contributed by atoms with E-state index in [1.54, 1.807) is 7.11 Å². The van der Waals surface area contributed by atoms with Crippen LogP contribution in [0.5, 0.6) is 0 Å². The third-order valence-electron chi connectivity index (χ3n) is 21.7. The Morgan fingerprint density at radius 2 is 0.777 bits per heavy atom. The first-order chi connectivity index (χ1) is 44.4. The van der Waals surface area contributed by atoms with Crippen LogP contribution in [-0.2, 0) is 20.8 Å². The number of unbranched alkanes of at least 4 members (excludes halogenated alkanes) is 1. The number of rotatable bonds is 18. The fraction of sp³-hybridized carbons (Fsp3) is 0.931. The Labute approximate surface area is 590 Å². The lowest BCUT2D eigenvalue weighted by molar-refractivity contribution is 0.0523. The molecule has 1 unspecified atom stereocenters. The van der Waals surface area contributed by atoms with Gasteiger partial charge in [-0.2, -0.15) is 0 Å². The van der Waals surface area contributed by atoms with E-state index in [2.05, 4.69) is 194 Å². The molecule has 3 aliphatic heterocycles. The van der Waals surface area contributed by atoms with Crippen molar-refractivity contribution in [3.8, 4) is 0 Å². The molecule has 94 heavy (non-hydrogen) atoms. The van der Waals surface area contributed by atoms with Gasteiger partial charge in [-0.1, -0.05) is 235 Å². The zero-order valence-electron chi connectivity index (χ0n) is 68.0. The molecule has 0 amide bonds. The van der Waals surface area contributed by atoms with Crippen LogP contribution in [0.15, 0.2) is 30.3 Å². The lowest BCUT2D eigenvalue weighted by Crippen LogP contribution is -2.34. The summed E-state index contributed by atoms with van der Waals surface area (Å²) < 4.78 is 15.6. The van der Waals surface area contributed by atoms with Crippen molar-refractivity contribution in [3.63, 3.8) is 0 Å². The molecule has 1 atom stereocenters. The first-order valence-electron chi connectivity index (χ1n) is 40.9. The molecule has 0 radical (unpaired) electrons. The standard InChI is InChI=1S/C15H23N.C10H20.3C9H18O.2C8H16O.C7H16.C6H14O.C6H14/c1-13(2)15-8-10-16(11-9-15)12-14-6-4-3-5-7-14;1-8(2)10-6-4-9(3)5-7-10;3*1-7(2)8-3-5-9(10)6-4-8;1-7(2)8-3-5-9-6-4-8;1-7(2)6-8-4-3-5-9-8;1-4-5-6-7(2)3;1-6(2)4-5-7-3;1-4-5-6(2)3/h3-7,13,15H,8-12H2,1-2H3;8-10H,4-7H2,1-3H3;3*7-10H,3-6H2,1-2H3;2*7-8H,3-6H2,1-2H3;7H,4-6H2,1-3H3;6H,4-5H2,1-3H3;6H,4-5H2,1-3H3. The number of piperidine rings is 1. The summed E-state index contributed by atoms with van der Waals surface area (Å²) in [6.45, 7) is 60.1. The van der Waals surface area contributed by atoms with Crippen LogP contribution in [0.2, 0.25) is 0 Å². The number of nitrogens with zero attached hydrogens (tertiary/aromatic N) is 1. The molecule has 3 N–H and O–H groups in total. The van der Waals surface area contributed by atoms with Gasteiger partial charge in [0, 0.05) is 40.1 Å². The van der Waals surface area contributed by atoms with Crippen LogP contribution in [0, 0.1) is 101 Å². The van der Waals surface area contributed by atoms with Gasteiger partial charge in [-0.15, -0.1) is 0 Å². The summed E-state index contributed by atoms with van der Waals surface area (Å²) in [6.07, 6.45) is 37.3. The van der Waals surface area contributed by atoms with Crippen molar-refractivity contribution < 1.29 is 29.5 Å². The zero-order valence-corrected chi connectivity index (χ0v) is 68.0. The molecular formula is C87H173NO6. The Kier molecular flexibility index (Phi) is 61.3. The molecule has 8 rings (SSSR count). The Morgan fingerprint density at radius 3 is 1.04 bits per heavy atom. The molecule has 7 aliphatic rings. The van der Waals surface area contributed by atoms with Gasteiger partial charge in [0.15, 0.2) is 0 Å². The highest BCUT2D eigenvalue weighted by Gasteiger charge is 2.25. The van der Waals surface area contributed by atoms with E-state index in [1.165, 1.54) is 166 Å². The topological polar surface area (TPSA) is 91.6 Å². The van der Waals surface area contributed by atoms with Crippen LogP contribution in [0.4, 0.5) is 0 Å². The summed E-state index contributed by atoms with van der Waals surface area (Å²) in [4.78, 5) is 2.59. The van der Waals surface area contributed by atoms with Crippen molar-refractivity contribution >= 4 is 0 Å². The summed E-state index contributed by atoms with van der Waals surface area (Å²) >= 11 is 0. The van der Waals surface area contributed by atoms with Gasteiger partial charge in [0.05, 0.1) is 24.4 Å². The van der Waals surface area contributed by atoms with Crippen molar-refractivity contribution in [2.24, 2.45) is 101 Å². The van der Waals surface area contributed by atoms with Gasteiger partial charge < -0.3 is 29.5 Å².